The van der Waals surface area contributed by atoms with E-state index in [9.17, 15) is 13.2 Å². The Morgan fingerprint density at radius 1 is 1.32 bits per heavy atom. The summed E-state index contributed by atoms with van der Waals surface area (Å²) in [6.07, 6.45) is 3.12. The van der Waals surface area contributed by atoms with Crippen molar-refractivity contribution in [1.29, 1.82) is 0 Å². The fourth-order valence-electron chi connectivity index (χ4n) is 2.45. The van der Waals surface area contributed by atoms with Gasteiger partial charge in [0.2, 0.25) is 10.0 Å². The lowest BCUT2D eigenvalue weighted by Crippen LogP contribution is -2.38. The molecule has 0 N–H and O–H groups in total. The Balaban J connectivity index is 2.21. The van der Waals surface area contributed by atoms with Crippen LogP contribution in [0.25, 0.3) is 0 Å². The van der Waals surface area contributed by atoms with Gasteiger partial charge >= 0.3 is 0 Å². The fourth-order valence-corrected chi connectivity index (χ4v) is 3.20. The third-order valence-corrected chi connectivity index (χ3v) is 5.63. The van der Waals surface area contributed by atoms with E-state index in [1.807, 2.05) is 0 Å². The minimum Gasteiger partial charge on any atom is -0.339 e. The number of rotatable bonds is 3. The van der Waals surface area contributed by atoms with Crippen molar-refractivity contribution in [2.75, 3.05) is 30.7 Å². The van der Waals surface area contributed by atoms with Crippen LogP contribution in [0, 0.1) is 5.92 Å². The number of likely N-dealkylation sites (tertiary alicyclic amines) is 1. The van der Waals surface area contributed by atoms with Gasteiger partial charge in [0.05, 0.1) is 22.5 Å². The van der Waals surface area contributed by atoms with Crippen LogP contribution in [0.4, 0.5) is 5.69 Å². The van der Waals surface area contributed by atoms with Crippen LogP contribution in [0.15, 0.2) is 18.2 Å². The van der Waals surface area contributed by atoms with Crippen molar-refractivity contribution in [1.82, 2.24) is 4.90 Å². The molecule has 2 rings (SSSR count). The molecule has 1 fully saturated rings. The van der Waals surface area contributed by atoms with E-state index in [2.05, 4.69) is 6.92 Å². The van der Waals surface area contributed by atoms with Crippen molar-refractivity contribution in [2.24, 2.45) is 5.92 Å². The molecule has 0 saturated carbocycles. The third kappa shape index (κ3) is 3.73. The first-order valence-electron chi connectivity index (χ1n) is 7.23. The van der Waals surface area contributed by atoms with Gasteiger partial charge in [0.1, 0.15) is 0 Å². The molecule has 1 aliphatic heterocycles. The lowest BCUT2D eigenvalue weighted by atomic mass is 9.98. The minimum absolute atomic E-state index is 0.0922. The molecule has 1 saturated heterocycles. The summed E-state index contributed by atoms with van der Waals surface area (Å²) in [5.74, 6) is 0.552. The van der Waals surface area contributed by atoms with Crippen LogP contribution in [0.5, 0.6) is 0 Å². The Kier molecular flexibility index (Phi) is 5.02. The summed E-state index contributed by atoms with van der Waals surface area (Å²) in [4.78, 5) is 14.3. The van der Waals surface area contributed by atoms with E-state index in [0.29, 0.717) is 17.2 Å². The first-order valence-corrected chi connectivity index (χ1v) is 9.45. The molecule has 7 heteroatoms. The van der Waals surface area contributed by atoms with Crippen molar-refractivity contribution in [2.45, 2.75) is 19.8 Å². The molecule has 0 aromatic heterocycles. The van der Waals surface area contributed by atoms with Gasteiger partial charge in [0.25, 0.3) is 5.91 Å². The molecule has 5 nitrogen and oxygen atoms in total. The number of carbonyl (C=O) groups excluding carboxylic acids is 1. The van der Waals surface area contributed by atoms with E-state index < -0.39 is 10.0 Å². The molecular formula is C15H21ClN2O3S. The summed E-state index contributed by atoms with van der Waals surface area (Å²) in [7, 11) is -1.90. The van der Waals surface area contributed by atoms with Crippen molar-refractivity contribution >= 4 is 33.2 Å². The van der Waals surface area contributed by atoms with Gasteiger partial charge in [0, 0.05) is 20.1 Å². The second-order valence-electron chi connectivity index (χ2n) is 5.87. The minimum atomic E-state index is -3.35. The van der Waals surface area contributed by atoms with E-state index in [-0.39, 0.29) is 10.9 Å². The number of nitrogens with zero attached hydrogens (tertiary/aromatic N) is 2. The van der Waals surface area contributed by atoms with Gasteiger partial charge in [0.15, 0.2) is 0 Å². The number of hydrogen-bond donors (Lipinski definition) is 0. The van der Waals surface area contributed by atoms with Crippen LogP contribution < -0.4 is 4.31 Å². The number of hydrogen-bond acceptors (Lipinski definition) is 3. The highest BCUT2D eigenvalue weighted by atomic mass is 35.5. The maximum atomic E-state index is 12.5. The van der Waals surface area contributed by atoms with Gasteiger partial charge in [-0.3, -0.25) is 9.10 Å². The maximum absolute atomic E-state index is 12.5. The lowest BCUT2D eigenvalue weighted by molar-refractivity contribution is 0.0697. The molecule has 0 radical (unpaired) electrons. The topological polar surface area (TPSA) is 57.7 Å². The zero-order valence-corrected chi connectivity index (χ0v) is 14.6. The van der Waals surface area contributed by atoms with Crippen molar-refractivity contribution in [3.63, 3.8) is 0 Å². The van der Waals surface area contributed by atoms with Gasteiger partial charge in [-0.05, 0) is 37.0 Å². The number of piperidine rings is 1. The first-order chi connectivity index (χ1) is 10.2. The van der Waals surface area contributed by atoms with Gasteiger partial charge in [-0.2, -0.15) is 0 Å². The fraction of sp³-hybridized carbons (Fsp3) is 0.533. The highest BCUT2D eigenvalue weighted by Crippen LogP contribution is 2.27. The Labute approximate surface area is 136 Å². The van der Waals surface area contributed by atoms with E-state index >= 15 is 0 Å². The largest absolute Gasteiger partial charge is 0.339 e. The Hall–Kier alpha value is -1.27. The molecule has 1 heterocycles. The molecule has 0 bridgehead atoms. The molecule has 1 aromatic carbocycles. The molecular weight excluding hydrogens is 324 g/mol. The van der Waals surface area contributed by atoms with Crippen LogP contribution in [-0.2, 0) is 10.0 Å². The second kappa shape index (κ2) is 6.46. The molecule has 1 aliphatic rings. The average molecular weight is 345 g/mol. The predicted octanol–water partition coefficient (Wildman–Crippen LogP) is 2.61. The van der Waals surface area contributed by atoms with Crippen LogP contribution in [-0.4, -0.2) is 45.6 Å². The molecule has 0 atom stereocenters. The van der Waals surface area contributed by atoms with Crippen molar-refractivity contribution < 1.29 is 13.2 Å². The van der Waals surface area contributed by atoms with Gasteiger partial charge < -0.3 is 4.90 Å². The summed E-state index contributed by atoms with van der Waals surface area (Å²) in [5.41, 5.74) is 0.859. The smallest absolute Gasteiger partial charge is 0.255 e. The quantitative estimate of drug-likeness (QED) is 0.846. The summed E-state index contributed by atoms with van der Waals surface area (Å²) >= 11 is 6.20. The first kappa shape index (κ1) is 17.1. The molecule has 0 aliphatic carbocycles. The van der Waals surface area contributed by atoms with Crippen LogP contribution in [0.2, 0.25) is 5.02 Å². The molecule has 1 amide bonds. The van der Waals surface area contributed by atoms with Crippen molar-refractivity contribution in [3.05, 3.63) is 28.8 Å². The summed E-state index contributed by atoms with van der Waals surface area (Å²) < 4.78 is 24.2. The number of amides is 1. The third-order valence-electron chi connectivity index (χ3n) is 4.11. The van der Waals surface area contributed by atoms with Gasteiger partial charge in [-0.25, -0.2) is 8.42 Å². The molecule has 122 valence electrons. The normalized spacial score (nSPS) is 16.6. The number of sulfonamides is 1. The number of carbonyl (C=O) groups is 1. The maximum Gasteiger partial charge on any atom is 0.255 e. The predicted molar refractivity (Wildman–Crippen MR) is 89.0 cm³/mol. The highest BCUT2D eigenvalue weighted by Gasteiger charge is 2.23. The number of halogens is 1. The molecule has 0 unspecified atom stereocenters. The van der Waals surface area contributed by atoms with E-state index in [1.54, 1.807) is 17.0 Å². The van der Waals surface area contributed by atoms with Crippen LogP contribution >= 0.6 is 11.6 Å². The SMILES string of the molecule is CC1CCN(C(=O)c2ccc(N(C)S(C)(=O)=O)cc2Cl)CC1. The summed E-state index contributed by atoms with van der Waals surface area (Å²) in [6.45, 7) is 3.66. The summed E-state index contributed by atoms with van der Waals surface area (Å²) in [5, 5.41) is 0.275. The van der Waals surface area contributed by atoms with Gasteiger partial charge in [-0.15, -0.1) is 0 Å². The van der Waals surface area contributed by atoms with Gasteiger partial charge in [-0.1, -0.05) is 18.5 Å². The zero-order chi connectivity index (χ0) is 16.5. The Morgan fingerprint density at radius 3 is 2.41 bits per heavy atom. The molecule has 0 spiro atoms. The highest BCUT2D eigenvalue weighted by molar-refractivity contribution is 7.92. The van der Waals surface area contributed by atoms with E-state index in [0.717, 1.165) is 36.5 Å². The Bertz CT molecular complexity index is 667. The van der Waals surface area contributed by atoms with E-state index in [1.165, 1.54) is 13.1 Å². The van der Waals surface area contributed by atoms with Crippen molar-refractivity contribution in [3.8, 4) is 0 Å². The summed E-state index contributed by atoms with van der Waals surface area (Å²) in [6, 6.07) is 4.72. The molecule has 22 heavy (non-hydrogen) atoms. The second-order valence-corrected chi connectivity index (χ2v) is 8.29. The van der Waals surface area contributed by atoms with Crippen LogP contribution in [0.3, 0.4) is 0 Å². The van der Waals surface area contributed by atoms with Crippen LogP contribution in [0.1, 0.15) is 30.1 Å². The van der Waals surface area contributed by atoms with E-state index in [4.69, 9.17) is 11.6 Å². The number of anilines is 1. The standard InChI is InChI=1S/C15H21ClN2O3S/c1-11-6-8-18(9-7-11)15(19)13-5-4-12(10-14(13)16)17(2)22(3,20)21/h4-5,10-11H,6-9H2,1-3H3. The monoisotopic (exact) mass is 344 g/mol. The average Bonchev–Trinajstić information content (AvgIpc) is 2.45. The number of benzene rings is 1. The Morgan fingerprint density at radius 2 is 1.91 bits per heavy atom. The zero-order valence-electron chi connectivity index (χ0n) is 13.0. The molecule has 1 aromatic rings. The lowest BCUT2D eigenvalue weighted by Gasteiger charge is -2.30.